The van der Waals surface area contributed by atoms with E-state index in [2.05, 4.69) is 13.2 Å². The Kier molecular flexibility index (Phi) is 15.3. The molecule has 0 saturated carbocycles. The van der Waals surface area contributed by atoms with E-state index in [9.17, 15) is 19.2 Å². The van der Waals surface area contributed by atoms with Gasteiger partial charge < -0.3 is 28.4 Å². The number of carbonyl (C=O) groups excluding carboxylic acids is 4. The summed E-state index contributed by atoms with van der Waals surface area (Å²) in [5.41, 5.74) is 1.33. The maximum Gasteiger partial charge on any atom is 0.343 e. The molecule has 0 aliphatic carbocycles. The minimum atomic E-state index is -0.543. The van der Waals surface area contributed by atoms with Crippen LogP contribution in [0.5, 0.6) is 23.0 Å². The van der Waals surface area contributed by atoms with Gasteiger partial charge in [-0.2, -0.15) is 0 Å². The first kappa shape index (κ1) is 36.1. The normalized spacial score (nSPS) is 10.3. The highest BCUT2D eigenvalue weighted by Crippen LogP contribution is 2.26. The van der Waals surface area contributed by atoms with Crippen LogP contribution in [0, 0.1) is 6.92 Å². The van der Waals surface area contributed by atoms with E-state index in [1.165, 1.54) is 0 Å². The summed E-state index contributed by atoms with van der Waals surface area (Å²) in [5, 5.41) is 0. The first-order chi connectivity index (χ1) is 22.8. The van der Waals surface area contributed by atoms with E-state index in [-0.39, 0.29) is 0 Å². The van der Waals surface area contributed by atoms with Crippen molar-refractivity contribution < 1.29 is 47.6 Å². The first-order valence-electron chi connectivity index (χ1n) is 15.4. The summed E-state index contributed by atoms with van der Waals surface area (Å²) in [6, 6.07) is 18.0. The molecule has 47 heavy (non-hydrogen) atoms. The molecule has 0 saturated heterocycles. The lowest BCUT2D eigenvalue weighted by Gasteiger charge is -2.11. The second-order valence-corrected chi connectivity index (χ2v) is 10.3. The number of aryl methyl sites for hydroxylation is 1. The van der Waals surface area contributed by atoms with E-state index in [1.807, 2.05) is 0 Å². The lowest BCUT2D eigenvalue weighted by molar-refractivity contribution is -0.138. The summed E-state index contributed by atoms with van der Waals surface area (Å²) < 4.78 is 32.3. The van der Waals surface area contributed by atoms with Crippen molar-refractivity contribution in [2.24, 2.45) is 0 Å². The minimum Gasteiger partial charge on any atom is -0.494 e. The zero-order chi connectivity index (χ0) is 33.9. The Morgan fingerprint density at radius 1 is 0.553 bits per heavy atom. The number of esters is 4. The van der Waals surface area contributed by atoms with E-state index in [1.54, 1.807) is 73.7 Å². The zero-order valence-electron chi connectivity index (χ0n) is 26.6. The molecule has 0 amide bonds. The number of hydrogen-bond donors (Lipinski definition) is 0. The van der Waals surface area contributed by atoms with Gasteiger partial charge in [0.1, 0.15) is 23.0 Å². The number of benzene rings is 3. The van der Waals surface area contributed by atoms with E-state index in [0.717, 1.165) is 37.8 Å². The lowest BCUT2D eigenvalue weighted by Crippen LogP contribution is -2.10. The van der Waals surface area contributed by atoms with Crippen LogP contribution in [0.15, 0.2) is 92.0 Å². The standard InChI is InChI=1S/C37H40O10/c1-4-34(38)44-24-9-7-6-8-22-42-30-18-14-29(15-19-30)37(41)47-33-21-20-32(26-27(33)3)46-36(40)28-12-16-31(17-13-28)43-23-10-11-25-45-35(39)5-2/h4-5,12-21,26H,1-2,6-11,22-25H2,3H3. The summed E-state index contributed by atoms with van der Waals surface area (Å²) in [6.45, 7) is 10.1. The maximum absolute atomic E-state index is 12.7. The zero-order valence-corrected chi connectivity index (χ0v) is 26.6. The van der Waals surface area contributed by atoms with Gasteiger partial charge in [0.25, 0.3) is 0 Å². The molecular weight excluding hydrogens is 604 g/mol. The number of carbonyl (C=O) groups is 4. The molecule has 3 aromatic rings. The monoisotopic (exact) mass is 644 g/mol. The Labute approximate surface area is 274 Å². The topological polar surface area (TPSA) is 124 Å². The van der Waals surface area contributed by atoms with Crippen LogP contribution in [0.25, 0.3) is 0 Å². The minimum absolute atomic E-state index is 0.301. The fourth-order valence-corrected chi connectivity index (χ4v) is 4.10. The van der Waals surface area contributed by atoms with E-state index in [0.29, 0.717) is 79.0 Å². The van der Waals surface area contributed by atoms with E-state index < -0.39 is 23.9 Å². The molecule has 10 nitrogen and oxygen atoms in total. The third kappa shape index (κ3) is 13.2. The van der Waals surface area contributed by atoms with Crippen LogP contribution in [0.1, 0.15) is 64.8 Å². The predicted molar refractivity (Wildman–Crippen MR) is 175 cm³/mol. The van der Waals surface area contributed by atoms with E-state index >= 15 is 0 Å². The van der Waals surface area contributed by atoms with Gasteiger partial charge in [0.05, 0.1) is 37.6 Å². The molecule has 0 spiro atoms. The van der Waals surface area contributed by atoms with Crippen molar-refractivity contribution in [3.05, 3.63) is 109 Å². The third-order valence-electron chi connectivity index (χ3n) is 6.68. The molecular formula is C37H40O10. The van der Waals surface area contributed by atoms with Gasteiger partial charge in [-0.3, -0.25) is 0 Å². The SMILES string of the molecule is C=CC(=O)OCCCCCCOc1ccc(C(=O)Oc2ccc(OC(=O)c3ccc(OCCCCOC(=O)C=C)cc3)cc2C)cc1. The lowest BCUT2D eigenvalue weighted by atomic mass is 10.2. The molecule has 0 radical (unpaired) electrons. The molecule has 0 aromatic heterocycles. The predicted octanol–water partition coefficient (Wildman–Crippen LogP) is 6.99. The summed E-state index contributed by atoms with van der Waals surface area (Å²) >= 11 is 0. The summed E-state index contributed by atoms with van der Waals surface area (Å²) in [7, 11) is 0. The third-order valence-corrected chi connectivity index (χ3v) is 6.68. The van der Waals surface area contributed by atoms with Gasteiger partial charge in [-0.05, 0) is 118 Å². The van der Waals surface area contributed by atoms with Crippen molar-refractivity contribution in [1.82, 2.24) is 0 Å². The van der Waals surface area contributed by atoms with Crippen LogP contribution in [0.3, 0.4) is 0 Å². The van der Waals surface area contributed by atoms with Crippen LogP contribution in [-0.4, -0.2) is 50.3 Å². The second kappa shape index (κ2) is 19.9. The first-order valence-corrected chi connectivity index (χ1v) is 15.4. The Bertz CT molecular complexity index is 1490. The molecule has 0 atom stereocenters. The van der Waals surface area contributed by atoms with Crippen LogP contribution < -0.4 is 18.9 Å². The number of ether oxygens (including phenoxy) is 6. The highest BCUT2D eigenvalue weighted by atomic mass is 16.5. The van der Waals surface area contributed by atoms with Crippen LogP contribution in [0.2, 0.25) is 0 Å². The average molecular weight is 645 g/mol. The summed E-state index contributed by atoms with van der Waals surface area (Å²) in [6.07, 6.45) is 7.14. The van der Waals surface area contributed by atoms with Crippen molar-refractivity contribution >= 4 is 23.9 Å². The molecule has 3 rings (SSSR count). The van der Waals surface area contributed by atoms with Crippen molar-refractivity contribution in [3.8, 4) is 23.0 Å². The molecule has 0 fully saturated rings. The van der Waals surface area contributed by atoms with Gasteiger partial charge >= 0.3 is 23.9 Å². The van der Waals surface area contributed by atoms with Gasteiger partial charge in [0.2, 0.25) is 0 Å². The quantitative estimate of drug-likeness (QED) is 0.0550. The Morgan fingerprint density at radius 2 is 0.979 bits per heavy atom. The molecule has 10 heteroatoms. The fourth-order valence-electron chi connectivity index (χ4n) is 4.10. The van der Waals surface area contributed by atoms with Crippen LogP contribution in [0.4, 0.5) is 0 Å². The van der Waals surface area contributed by atoms with Gasteiger partial charge in [-0.1, -0.05) is 13.2 Å². The molecule has 3 aromatic carbocycles. The Morgan fingerprint density at radius 3 is 1.47 bits per heavy atom. The van der Waals surface area contributed by atoms with Crippen molar-refractivity contribution in [1.29, 1.82) is 0 Å². The van der Waals surface area contributed by atoms with Crippen molar-refractivity contribution in [3.63, 3.8) is 0 Å². The Hall–Kier alpha value is -5.38. The molecule has 0 unspecified atom stereocenters. The van der Waals surface area contributed by atoms with Crippen LogP contribution in [-0.2, 0) is 19.1 Å². The molecule has 248 valence electrons. The van der Waals surface area contributed by atoms with Gasteiger partial charge in [0, 0.05) is 12.2 Å². The molecule has 0 bridgehead atoms. The van der Waals surface area contributed by atoms with Gasteiger partial charge in [-0.15, -0.1) is 0 Å². The molecule has 0 heterocycles. The smallest absolute Gasteiger partial charge is 0.343 e. The number of rotatable bonds is 20. The Balaban J connectivity index is 1.38. The summed E-state index contributed by atoms with van der Waals surface area (Å²) in [5.74, 6) is -0.0314. The van der Waals surface area contributed by atoms with E-state index in [4.69, 9.17) is 28.4 Å². The van der Waals surface area contributed by atoms with Crippen molar-refractivity contribution in [2.75, 3.05) is 26.4 Å². The van der Waals surface area contributed by atoms with Gasteiger partial charge in [0.15, 0.2) is 0 Å². The van der Waals surface area contributed by atoms with Crippen LogP contribution >= 0.6 is 0 Å². The summed E-state index contributed by atoms with van der Waals surface area (Å²) in [4.78, 5) is 47.4. The molecule has 0 aliphatic rings. The largest absolute Gasteiger partial charge is 0.494 e. The maximum atomic E-state index is 12.7. The number of unbranched alkanes of at least 4 members (excludes halogenated alkanes) is 4. The van der Waals surface area contributed by atoms with Gasteiger partial charge in [-0.25, -0.2) is 19.2 Å². The number of hydrogen-bond acceptors (Lipinski definition) is 10. The highest BCUT2D eigenvalue weighted by molar-refractivity contribution is 5.92. The second-order valence-electron chi connectivity index (χ2n) is 10.3. The molecule has 0 aliphatic heterocycles. The fraction of sp³-hybridized carbons (Fsp3) is 0.297. The average Bonchev–Trinajstić information content (AvgIpc) is 3.08. The van der Waals surface area contributed by atoms with Crippen molar-refractivity contribution in [2.45, 2.75) is 45.4 Å². The highest BCUT2D eigenvalue weighted by Gasteiger charge is 2.14. The molecule has 0 N–H and O–H groups in total.